The van der Waals surface area contributed by atoms with E-state index in [4.69, 9.17) is 9.73 Å². The Bertz CT molecular complexity index is 1270. The lowest BCUT2D eigenvalue weighted by molar-refractivity contribution is -0.0448. The van der Waals surface area contributed by atoms with Crippen LogP contribution in [0.1, 0.15) is 54.1 Å². The third-order valence-electron chi connectivity index (χ3n) is 6.45. The summed E-state index contributed by atoms with van der Waals surface area (Å²) >= 11 is 0. The molecule has 9 heteroatoms. The van der Waals surface area contributed by atoms with E-state index in [2.05, 4.69) is 10.1 Å². The summed E-state index contributed by atoms with van der Waals surface area (Å²) in [7, 11) is 1.52. The molecule has 34 heavy (non-hydrogen) atoms. The first-order chi connectivity index (χ1) is 16.3. The molecule has 3 heterocycles. The van der Waals surface area contributed by atoms with Gasteiger partial charge < -0.3 is 4.74 Å². The van der Waals surface area contributed by atoms with Crippen LogP contribution in [0.4, 0.5) is 19.0 Å². The van der Waals surface area contributed by atoms with E-state index in [1.165, 1.54) is 25.4 Å². The lowest BCUT2D eigenvalue weighted by atomic mass is 9.92. The number of nitrogens with zero attached hydrogens (tertiary/aromatic N) is 4. The van der Waals surface area contributed by atoms with Crippen LogP contribution >= 0.6 is 0 Å². The van der Waals surface area contributed by atoms with E-state index in [1.54, 1.807) is 29.1 Å². The van der Waals surface area contributed by atoms with Crippen LogP contribution in [0.25, 0.3) is 11.1 Å². The Labute approximate surface area is 194 Å². The molecule has 2 aromatic heterocycles. The highest BCUT2D eigenvalue weighted by Crippen LogP contribution is 2.41. The van der Waals surface area contributed by atoms with E-state index in [1.807, 2.05) is 0 Å². The molecule has 1 saturated carbocycles. The standard InChI is InChI=1S/C25H23F3N4O2/c1-34-23-12-15(6-9-29-23)20-3-2-17(26)10-16(20)11-18-13-22(33)21-14-30-32(24(21)31-18)19-4-7-25(27,28)8-5-19/h2-3,6,9-10,12,14,19H,4-5,7-8,11,13H2,1H3. The molecule has 1 aliphatic heterocycles. The van der Waals surface area contributed by atoms with Gasteiger partial charge in [-0.3, -0.25) is 4.79 Å². The molecule has 0 saturated heterocycles. The highest BCUT2D eigenvalue weighted by atomic mass is 19.3. The van der Waals surface area contributed by atoms with Gasteiger partial charge in [0.1, 0.15) is 5.82 Å². The first kappa shape index (κ1) is 22.3. The fourth-order valence-corrected chi connectivity index (χ4v) is 4.67. The van der Waals surface area contributed by atoms with E-state index in [-0.39, 0.29) is 50.4 Å². The number of aliphatic imine (C=N–C) groups is 1. The van der Waals surface area contributed by atoms with E-state index >= 15 is 0 Å². The number of ether oxygens (including phenoxy) is 1. The number of rotatable bonds is 5. The lowest BCUT2D eigenvalue weighted by Crippen LogP contribution is -2.27. The second kappa shape index (κ2) is 8.70. The Morgan fingerprint density at radius 1 is 1.15 bits per heavy atom. The number of carbonyl (C=O) groups excluding carboxylic acids is 1. The first-order valence-corrected chi connectivity index (χ1v) is 11.2. The van der Waals surface area contributed by atoms with Gasteiger partial charge in [-0.25, -0.2) is 27.8 Å². The first-order valence-electron chi connectivity index (χ1n) is 11.2. The van der Waals surface area contributed by atoms with E-state index in [0.717, 1.165) is 11.1 Å². The summed E-state index contributed by atoms with van der Waals surface area (Å²) in [5.41, 5.74) is 3.24. The van der Waals surface area contributed by atoms with Crippen molar-refractivity contribution in [1.82, 2.24) is 14.8 Å². The molecule has 0 N–H and O–H groups in total. The molecule has 0 amide bonds. The zero-order chi connectivity index (χ0) is 23.9. The zero-order valence-electron chi connectivity index (χ0n) is 18.6. The molecule has 3 aromatic rings. The lowest BCUT2D eigenvalue weighted by Gasteiger charge is -2.29. The van der Waals surface area contributed by atoms with E-state index < -0.39 is 11.7 Å². The normalized spacial score (nSPS) is 17.9. The second-order valence-electron chi connectivity index (χ2n) is 8.76. The minimum atomic E-state index is -2.66. The van der Waals surface area contributed by atoms with Gasteiger partial charge in [0.05, 0.1) is 31.3 Å². The number of fused-ring (bicyclic) bond motifs is 1. The maximum atomic E-state index is 14.2. The minimum Gasteiger partial charge on any atom is -0.481 e. The van der Waals surface area contributed by atoms with E-state index in [0.29, 0.717) is 28.5 Å². The van der Waals surface area contributed by atoms with Crippen molar-refractivity contribution in [2.24, 2.45) is 4.99 Å². The maximum Gasteiger partial charge on any atom is 0.248 e. The molecule has 1 aliphatic carbocycles. The van der Waals surface area contributed by atoms with Gasteiger partial charge in [0.15, 0.2) is 11.6 Å². The molecule has 0 unspecified atom stereocenters. The smallest absolute Gasteiger partial charge is 0.248 e. The molecule has 176 valence electrons. The molecule has 1 aromatic carbocycles. The molecular weight excluding hydrogens is 445 g/mol. The second-order valence-corrected chi connectivity index (χ2v) is 8.76. The number of alkyl halides is 2. The third kappa shape index (κ3) is 4.34. The summed E-state index contributed by atoms with van der Waals surface area (Å²) in [6.45, 7) is 0. The fourth-order valence-electron chi connectivity index (χ4n) is 4.67. The fraction of sp³-hybridized carbons (Fsp3) is 0.360. The number of benzene rings is 1. The van der Waals surface area contributed by atoms with Gasteiger partial charge in [-0.2, -0.15) is 5.10 Å². The average molecular weight is 468 g/mol. The number of methoxy groups -OCH3 is 1. The van der Waals surface area contributed by atoms with Crippen molar-refractivity contribution in [3.63, 3.8) is 0 Å². The van der Waals surface area contributed by atoms with Crippen molar-refractivity contribution in [3.05, 3.63) is 59.7 Å². The zero-order valence-corrected chi connectivity index (χ0v) is 18.6. The Morgan fingerprint density at radius 3 is 2.71 bits per heavy atom. The number of hydrogen-bond donors (Lipinski definition) is 0. The van der Waals surface area contributed by atoms with Crippen molar-refractivity contribution in [3.8, 4) is 17.0 Å². The monoisotopic (exact) mass is 468 g/mol. The van der Waals surface area contributed by atoms with Gasteiger partial charge in [0, 0.05) is 37.2 Å². The number of aromatic nitrogens is 3. The van der Waals surface area contributed by atoms with Crippen LogP contribution in [-0.4, -0.2) is 39.3 Å². The van der Waals surface area contributed by atoms with Crippen molar-refractivity contribution in [2.75, 3.05) is 7.11 Å². The molecule has 6 nitrogen and oxygen atoms in total. The largest absolute Gasteiger partial charge is 0.481 e. The molecule has 5 rings (SSSR count). The summed E-state index contributed by atoms with van der Waals surface area (Å²) in [4.78, 5) is 21.7. The van der Waals surface area contributed by atoms with Gasteiger partial charge in [-0.1, -0.05) is 6.07 Å². The Kier molecular flexibility index (Phi) is 5.71. The average Bonchev–Trinajstić information content (AvgIpc) is 3.24. The molecule has 1 fully saturated rings. The van der Waals surface area contributed by atoms with Gasteiger partial charge in [0.2, 0.25) is 11.8 Å². The highest BCUT2D eigenvalue weighted by molar-refractivity contribution is 6.15. The third-order valence-corrected chi connectivity index (χ3v) is 6.45. The van der Waals surface area contributed by atoms with Crippen molar-refractivity contribution in [1.29, 1.82) is 0 Å². The van der Waals surface area contributed by atoms with Crippen LogP contribution in [0, 0.1) is 5.82 Å². The number of ketones is 1. The molecule has 0 radical (unpaired) electrons. The van der Waals surface area contributed by atoms with Crippen molar-refractivity contribution >= 4 is 17.3 Å². The van der Waals surface area contributed by atoms with Crippen LogP contribution in [0.2, 0.25) is 0 Å². The molecular formula is C25H23F3N4O2. The Morgan fingerprint density at radius 2 is 1.94 bits per heavy atom. The van der Waals surface area contributed by atoms with Gasteiger partial charge >= 0.3 is 0 Å². The SMILES string of the molecule is COc1cc(-c2ccc(F)cc2CC2=Nc3c(cnn3C3CCC(F)(F)CC3)C(=O)C2)ccn1. The van der Waals surface area contributed by atoms with E-state index in [9.17, 15) is 18.0 Å². The maximum absolute atomic E-state index is 14.2. The Balaban J connectivity index is 1.48. The van der Waals surface area contributed by atoms with Crippen LogP contribution in [-0.2, 0) is 6.42 Å². The Hall–Kier alpha value is -3.49. The predicted octanol–water partition coefficient (Wildman–Crippen LogP) is 5.74. The van der Waals surface area contributed by atoms with Crippen molar-refractivity contribution in [2.45, 2.75) is 50.5 Å². The number of pyridine rings is 1. The van der Waals surface area contributed by atoms with Crippen LogP contribution in [0.5, 0.6) is 5.88 Å². The van der Waals surface area contributed by atoms with Crippen LogP contribution < -0.4 is 4.74 Å². The summed E-state index contributed by atoms with van der Waals surface area (Å²) in [6, 6.07) is 7.84. The molecule has 0 atom stereocenters. The van der Waals surface area contributed by atoms with Gasteiger partial charge in [-0.05, 0) is 47.7 Å². The van der Waals surface area contributed by atoms with Gasteiger partial charge in [-0.15, -0.1) is 0 Å². The molecule has 0 bridgehead atoms. The highest BCUT2D eigenvalue weighted by Gasteiger charge is 2.37. The molecule has 0 spiro atoms. The van der Waals surface area contributed by atoms with Crippen LogP contribution in [0.3, 0.4) is 0 Å². The van der Waals surface area contributed by atoms with Gasteiger partial charge in [0.25, 0.3) is 0 Å². The summed E-state index contributed by atoms with van der Waals surface area (Å²) < 4.78 is 48.3. The predicted molar refractivity (Wildman–Crippen MR) is 121 cm³/mol. The number of halogens is 3. The number of hydrogen-bond acceptors (Lipinski definition) is 5. The summed E-state index contributed by atoms with van der Waals surface area (Å²) in [5.74, 6) is -2.33. The van der Waals surface area contributed by atoms with Crippen molar-refractivity contribution < 1.29 is 22.7 Å². The van der Waals surface area contributed by atoms with Crippen LogP contribution in [0.15, 0.2) is 47.7 Å². The molecule has 2 aliphatic rings. The summed E-state index contributed by atoms with van der Waals surface area (Å²) in [6.07, 6.45) is 3.57. The topological polar surface area (TPSA) is 69.4 Å². The summed E-state index contributed by atoms with van der Waals surface area (Å²) in [5, 5.41) is 4.32. The number of Topliss-reactive ketones (excluding diaryl/α,β-unsaturated/α-hetero) is 1. The quantitative estimate of drug-likeness (QED) is 0.479. The number of carbonyl (C=O) groups is 1. The minimum absolute atomic E-state index is 0.0943.